The number of benzene rings is 3. The lowest BCUT2D eigenvalue weighted by Gasteiger charge is -2.27. The fourth-order valence-corrected chi connectivity index (χ4v) is 4.80. The van der Waals surface area contributed by atoms with Gasteiger partial charge < -0.3 is 5.32 Å². The van der Waals surface area contributed by atoms with E-state index in [0.29, 0.717) is 12.8 Å². The van der Waals surface area contributed by atoms with Gasteiger partial charge in [0.2, 0.25) is 5.91 Å². The summed E-state index contributed by atoms with van der Waals surface area (Å²) in [5.41, 5.74) is 4.89. The predicted molar refractivity (Wildman–Crippen MR) is 132 cm³/mol. The highest BCUT2D eigenvalue weighted by Crippen LogP contribution is 2.31. The minimum absolute atomic E-state index is 0.131. The number of amides is 1. The minimum Gasteiger partial charge on any atom is -0.358 e. The van der Waals surface area contributed by atoms with Gasteiger partial charge >= 0.3 is 6.18 Å². The van der Waals surface area contributed by atoms with E-state index in [2.05, 4.69) is 28.8 Å². The number of fused-ring (bicyclic) bond motifs is 1. The fraction of sp³-hybridized carbons (Fsp3) is 0.345. The van der Waals surface area contributed by atoms with Crippen LogP contribution in [0.15, 0.2) is 72.8 Å². The predicted octanol–water partition coefficient (Wildman–Crippen LogP) is 6.34. The molecule has 0 bridgehead atoms. The molecule has 0 saturated carbocycles. The Labute approximate surface area is 204 Å². The van der Waals surface area contributed by atoms with Gasteiger partial charge in [-0.1, -0.05) is 60.7 Å². The van der Waals surface area contributed by atoms with E-state index >= 15 is 0 Å². The molecule has 1 aliphatic carbocycles. The maximum absolute atomic E-state index is 13.0. The van der Waals surface area contributed by atoms with Gasteiger partial charge in [-0.3, -0.25) is 10.1 Å². The molecule has 35 heavy (non-hydrogen) atoms. The minimum atomic E-state index is -4.35. The van der Waals surface area contributed by atoms with Crippen molar-refractivity contribution < 1.29 is 18.0 Å². The second kappa shape index (κ2) is 11.1. The third kappa shape index (κ3) is 6.31. The Morgan fingerprint density at radius 2 is 1.57 bits per heavy atom. The van der Waals surface area contributed by atoms with Gasteiger partial charge in [-0.15, -0.1) is 0 Å². The average molecular weight is 481 g/mol. The first-order valence-corrected chi connectivity index (χ1v) is 12.2. The van der Waals surface area contributed by atoms with Crippen molar-refractivity contribution in [2.24, 2.45) is 0 Å². The van der Waals surface area contributed by atoms with Crippen LogP contribution in [0, 0.1) is 0 Å². The molecule has 0 aliphatic heterocycles. The molecule has 0 spiro atoms. The smallest absolute Gasteiger partial charge is 0.358 e. The van der Waals surface area contributed by atoms with Crippen molar-refractivity contribution >= 4 is 5.91 Å². The first kappa shape index (κ1) is 25.0. The van der Waals surface area contributed by atoms with Crippen molar-refractivity contribution in [3.8, 4) is 0 Å². The molecule has 184 valence electrons. The van der Waals surface area contributed by atoms with E-state index in [1.54, 1.807) is 19.2 Å². The van der Waals surface area contributed by atoms with Crippen molar-refractivity contribution in [1.29, 1.82) is 0 Å². The standard InChI is InChI=1S/C29H31F3N2O/c1-33-28(35)27(22-8-3-2-4-9-22)34-26(24-15-14-21-7-5-6-10-23(21)19-24)18-13-20-11-16-25(17-12-20)29(30,31)32/h2-4,8-9,11-12,14-17,19,26-27,34H,5-7,10,13,18H2,1H3,(H,33,35)/t26-,27-/m1/s1. The SMILES string of the molecule is CNC(=O)[C@H](N[C@H](CCc1ccc(C(F)(F)F)cc1)c1ccc2c(c1)CCCC2)c1ccccc1. The molecule has 3 aromatic carbocycles. The molecule has 0 fully saturated rings. The molecule has 0 heterocycles. The number of carbonyl (C=O) groups excluding carboxylic acids is 1. The van der Waals surface area contributed by atoms with E-state index in [0.717, 1.165) is 41.7 Å². The Balaban J connectivity index is 1.60. The molecule has 3 aromatic rings. The molecule has 0 saturated heterocycles. The van der Waals surface area contributed by atoms with Gasteiger partial charge in [0, 0.05) is 13.1 Å². The van der Waals surface area contributed by atoms with Crippen LogP contribution in [0.4, 0.5) is 13.2 Å². The Kier molecular flexibility index (Phi) is 7.91. The van der Waals surface area contributed by atoms with Gasteiger partial charge in [-0.05, 0) is 78.5 Å². The van der Waals surface area contributed by atoms with Crippen molar-refractivity contribution in [3.63, 3.8) is 0 Å². The van der Waals surface area contributed by atoms with Gasteiger partial charge in [-0.2, -0.15) is 13.2 Å². The Bertz CT molecular complexity index is 1130. The second-order valence-corrected chi connectivity index (χ2v) is 9.15. The highest BCUT2D eigenvalue weighted by molar-refractivity contribution is 5.83. The van der Waals surface area contributed by atoms with Gasteiger partial charge in [-0.25, -0.2) is 0 Å². The molecule has 0 radical (unpaired) electrons. The summed E-state index contributed by atoms with van der Waals surface area (Å²) in [5, 5.41) is 6.31. The molecule has 0 aromatic heterocycles. The highest BCUT2D eigenvalue weighted by atomic mass is 19.4. The zero-order chi connectivity index (χ0) is 24.8. The van der Waals surface area contributed by atoms with Gasteiger partial charge in [0.05, 0.1) is 5.56 Å². The molecule has 4 rings (SSSR count). The first-order chi connectivity index (χ1) is 16.8. The number of nitrogens with one attached hydrogen (secondary N) is 2. The monoisotopic (exact) mass is 480 g/mol. The van der Waals surface area contributed by atoms with Crippen molar-refractivity contribution in [2.45, 2.75) is 56.8 Å². The molecule has 3 nitrogen and oxygen atoms in total. The Hall–Kier alpha value is -3.12. The Morgan fingerprint density at radius 1 is 0.886 bits per heavy atom. The van der Waals surface area contributed by atoms with E-state index in [4.69, 9.17) is 0 Å². The van der Waals surface area contributed by atoms with Crippen LogP contribution in [0.5, 0.6) is 0 Å². The van der Waals surface area contributed by atoms with Crippen LogP contribution in [-0.4, -0.2) is 13.0 Å². The van der Waals surface area contributed by atoms with Gasteiger partial charge in [0.15, 0.2) is 0 Å². The van der Waals surface area contributed by atoms with Crippen molar-refractivity contribution in [2.75, 3.05) is 7.05 Å². The van der Waals surface area contributed by atoms with Crippen LogP contribution in [0.1, 0.15) is 64.7 Å². The van der Waals surface area contributed by atoms with Crippen molar-refractivity contribution in [3.05, 3.63) is 106 Å². The number of likely N-dealkylation sites (N-methyl/N-ethyl adjacent to an activating group) is 1. The number of halogens is 3. The van der Waals surface area contributed by atoms with Crippen LogP contribution in [-0.2, 0) is 30.2 Å². The maximum Gasteiger partial charge on any atom is 0.416 e. The van der Waals surface area contributed by atoms with Crippen LogP contribution in [0.25, 0.3) is 0 Å². The summed E-state index contributed by atoms with van der Waals surface area (Å²) >= 11 is 0. The summed E-state index contributed by atoms with van der Waals surface area (Å²) in [4.78, 5) is 12.8. The largest absolute Gasteiger partial charge is 0.416 e. The number of alkyl halides is 3. The number of hydrogen-bond donors (Lipinski definition) is 2. The van der Waals surface area contributed by atoms with Crippen LogP contribution in [0.2, 0.25) is 0 Å². The van der Waals surface area contributed by atoms with E-state index in [1.807, 2.05) is 30.3 Å². The second-order valence-electron chi connectivity index (χ2n) is 9.15. The third-order valence-corrected chi connectivity index (χ3v) is 6.79. The maximum atomic E-state index is 13.0. The third-order valence-electron chi connectivity index (χ3n) is 6.79. The summed E-state index contributed by atoms with van der Waals surface area (Å²) < 4.78 is 38.9. The first-order valence-electron chi connectivity index (χ1n) is 12.2. The van der Waals surface area contributed by atoms with Crippen LogP contribution in [0.3, 0.4) is 0 Å². The summed E-state index contributed by atoms with van der Waals surface area (Å²) in [6, 6.07) is 20.8. The molecule has 6 heteroatoms. The van der Waals surface area contributed by atoms with E-state index in [9.17, 15) is 18.0 Å². The normalized spacial score (nSPS) is 15.2. The van der Waals surface area contributed by atoms with E-state index in [-0.39, 0.29) is 11.9 Å². The quantitative estimate of drug-likeness (QED) is 0.395. The highest BCUT2D eigenvalue weighted by Gasteiger charge is 2.30. The van der Waals surface area contributed by atoms with Crippen molar-refractivity contribution in [1.82, 2.24) is 10.6 Å². The molecule has 2 N–H and O–H groups in total. The zero-order valence-corrected chi connectivity index (χ0v) is 19.9. The number of carbonyl (C=O) groups is 1. The average Bonchev–Trinajstić information content (AvgIpc) is 2.88. The molecule has 0 unspecified atom stereocenters. The lowest BCUT2D eigenvalue weighted by molar-refractivity contribution is -0.137. The zero-order valence-electron chi connectivity index (χ0n) is 19.9. The number of hydrogen-bond acceptors (Lipinski definition) is 2. The van der Waals surface area contributed by atoms with Crippen LogP contribution < -0.4 is 10.6 Å². The topological polar surface area (TPSA) is 41.1 Å². The lowest BCUT2D eigenvalue weighted by Crippen LogP contribution is -2.38. The molecule has 1 amide bonds. The van der Waals surface area contributed by atoms with Gasteiger partial charge in [0.1, 0.15) is 6.04 Å². The molecular weight excluding hydrogens is 449 g/mol. The summed E-state index contributed by atoms with van der Waals surface area (Å²) in [5.74, 6) is -0.131. The summed E-state index contributed by atoms with van der Waals surface area (Å²) in [7, 11) is 1.62. The van der Waals surface area contributed by atoms with E-state index in [1.165, 1.54) is 24.0 Å². The number of aryl methyl sites for hydroxylation is 3. The van der Waals surface area contributed by atoms with Crippen LogP contribution >= 0.6 is 0 Å². The summed E-state index contributed by atoms with van der Waals surface area (Å²) in [6.45, 7) is 0. The summed E-state index contributed by atoms with van der Waals surface area (Å²) in [6.07, 6.45) is 1.39. The van der Waals surface area contributed by atoms with E-state index < -0.39 is 17.8 Å². The Morgan fingerprint density at radius 3 is 2.23 bits per heavy atom. The molecular formula is C29H31F3N2O. The fourth-order valence-electron chi connectivity index (χ4n) is 4.80. The lowest BCUT2D eigenvalue weighted by atomic mass is 9.87. The van der Waals surface area contributed by atoms with Gasteiger partial charge in [0.25, 0.3) is 0 Å². The molecule has 1 aliphatic rings. The molecule has 2 atom stereocenters. The number of rotatable bonds is 8.